The van der Waals surface area contributed by atoms with Crippen molar-refractivity contribution in [3.8, 4) is 0 Å². The molecule has 1 unspecified atom stereocenters. The predicted molar refractivity (Wildman–Crippen MR) is 79.9 cm³/mol. The Bertz CT molecular complexity index is 566. The highest BCUT2D eigenvalue weighted by molar-refractivity contribution is 7.89. The van der Waals surface area contributed by atoms with Gasteiger partial charge in [-0.15, -0.1) is 11.3 Å². The van der Waals surface area contributed by atoms with Gasteiger partial charge in [-0.1, -0.05) is 0 Å². The molecule has 2 saturated heterocycles. The van der Waals surface area contributed by atoms with Gasteiger partial charge in [-0.3, -0.25) is 4.90 Å². The minimum absolute atomic E-state index is 0.245. The first-order valence-corrected chi connectivity index (χ1v) is 9.29. The molecule has 8 heteroatoms. The van der Waals surface area contributed by atoms with Gasteiger partial charge >= 0.3 is 0 Å². The highest BCUT2D eigenvalue weighted by Gasteiger charge is 2.38. The minimum Gasteiger partial charge on any atom is -0.375 e. The van der Waals surface area contributed by atoms with E-state index in [1.54, 1.807) is 10.5 Å². The summed E-state index contributed by atoms with van der Waals surface area (Å²) in [6, 6.07) is 0. The van der Waals surface area contributed by atoms with E-state index in [0.717, 1.165) is 37.2 Å². The van der Waals surface area contributed by atoms with Crippen molar-refractivity contribution in [3.63, 3.8) is 0 Å². The fourth-order valence-corrected chi connectivity index (χ4v) is 5.67. The van der Waals surface area contributed by atoms with Gasteiger partial charge in [0, 0.05) is 37.3 Å². The minimum atomic E-state index is -3.10. The number of nitrogens with two attached hydrogens (primary N) is 1. The van der Waals surface area contributed by atoms with Gasteiger partial charge in [0.1, 0.15) is 0 Å². The van der Waals surface area contributed by atoms with Crippen LogP contribution in [0.25, 0.3) is 0 Å². The molecule has 0 amide bonds. The van der Waals surface area contributed by atoms with E-state index in [1.807, 2.05) is 0 Å². The molecule has 0 radical (unpaired) electrons. The second kappa shape index (κ2) is 5.59. The summed E-state index contributed by atoms with van der Waals surface area (Å²) in [7, 11) is -3.10. The molecule has 0 aromatic carbocycles. The van der Waals surface area contributed by atoms with Gasteiger partial charge in [-0.05, 0) is 25.8 Å². The van der Waals surface area contributed by atoms with E-state index < -0.39 is 10.0 Å². The number of aromatic nitrogens is 1. The lowest BCUT2D eigenvalue weighted by Gasteiger charge is -2.21. The van der Waals surface area contributed by atoms with Crippen LogP contribution in [0.2, 0.25) is 0 Å². The molecule has 0 aliphatic carbocycles. The highest BCUT2D eigenvalue weighted by atomic mass is 32.2. The molecule has 20 heavy (non-hydrogen) atoms. The van der Waals surface area contributed by atoms with Crippen molar-refractivity contribution in [2.24, 2.45) is 0 Å². The number of hydrogen-bond acceptors (Lipinski definition) is 6. The Kier molecular flexibility index (Phi) is 3.98. The summed E-state index contributed by atoms with van der Waals surface area (Å²) in [4.78, 5) is 7.32. The van der Waals surface area contributed by atoms with Crippen molar-refractivity contribution >= 4 is 26.5 Å². The zero-order chi connectivity index (χ0) is 14.2. The SMILES string of the molecule is Nc1ncc(CN2CCC(S(=O)(=O)N3CCCC3)C2)s1. The molecule has 0 bridgehead atoms. The fourth-order valence-electron chi connectivity index (χ4n) is 2.95. The Morgan fingerprint density at radius 3 is 2.75 bits per heavy atom. The van der Waals surface area contributed by atoms with Crippen LogP contribution in [0.4, 0.5) is 5.13 Å². The van der Waals surface area contributed by atoms with Crippen LogP contribution < -0.4 is 5.73 Å². The third kappa shape index (κ3) is 2.83. The Labute approximate surface area is 123 Å². The zero-order valence-electron chi connectivity index (χ0n) is 11.4. The van der Waals surface area contributed by atoms with Crippen molar-refractivity contribution in [1.82, 2.24) is 14.2 Å². The molecule has 2 fully saturated rings. The van der Waals surface area contributed by atoms with E-state index in [2.05, 4.69) is 9.88 Å². The van der Waals surface area contributed by atoms with E-state index in [9.17, 15) is 8.42 Å². The molecule has 2 N–H and O–H groups in total. The molecular formula is C12H20N4O2S2. The second-order valence-electron chi connectivity index (χ2n) is 5.46. The third-order valence-corrected chi connectivity index (χ3v) is 7.15. The lowest BCUT2D eigenvalue weighted by atomic mass is 10.4. The van der Waals surface area contributed by atoms with E-state index >= 15 is 0 Å². The summed E-state index contributed by atoms with van der Waals surface area (Å²) < 4.78 is 26.7. The molecular weight excluding hydrogens is 296 g/mol. The number of rotatable bonds is 4. The molecule has 112 valence electrons. The molecule has 0 saturated carbocycles. The van der Waals surface area contributed by atoms with Gasteiger partial charge in [-0.25, -0.2) is 17.7 Å². The largest absolute Gasteiger partial charge is 0.375 e. The third-order valence-electron chi connectivity index (χ3n) is 4.03. The van der Waals surface area contributed by atoms with Gasteiger partial charge in [-0.2, -0.15) is 0 Å². The first kappa shape index (κ1) is 14.2. The van der Waals surface area contributed by atoms with E-state index in [0.29, 0.717) is 24.8 Å². The average Bonchev–Trinajstić information content (AvgIpc) is 3.11. The number of sulfonamides is 1. The summed E-state index contributed by atoms with van der Waals surface area (Å²) in [5.41, 5.74) is 5.62. The fraction of sp³-hybridized carbons (Fsp3) is 0.750. The summed E-state index contributed by atoms with van der Waals surface area (Å²) >= 11 is 1.47. The van der Waals surface area contributed by atoms with Gasteiger partial charge in [0.15, 0.2) is 5.13 Å². The molecule has 1 aromatic rings. The monoisotopic (exact) mass is 316 g/mol. The van der Waals surface area contributed by atoms with Crippen molar-refractivity contribution in [3.05, 3.63) is 11.1 Å². The van der Waals surface area contributed by atoms with Crippen molar-refractivity contribution in [2.45, 2.75) is 31.1 Å². The number of thiazole rings is 1. The van der Waals surface area contributed by atoms with Gasteiger partial charge in [0.25, 0.3) is 0 Å². The van der Waals surface area contributed by atoms with Gasteiger partial charge < -0.3 is 5.73 Å². The number of likely N-dealkylation sites (tertiary alicyclic amines) is 1. The quantitative estimate of drug-likeness (QED) is 0.885. The number of nitrogen functional groups attached to an aromatic ring is 1. The summed E-state index contributed by atoms with van der Waals surface area (Å²) in [5, 5.41) is 0.325. The van der Waals surface area contributed by atoms with Crippen molar-refractivity contribution < 1.29 is 8.42 Å². The van der Waals surface area contributed by atoms with E-state index in [1.165, 1.54) is 11.3 Å². The zero-order valence-corrected chi connectivity index (χ0v) is 13.0. The van der Waals surface area contributed by atoms with Crippen molar-refractivity contribution in [1.29, 1.82) is 0 Å². The predicted octanol–water partition coefficient (Wildman–Crippen LogP) is 0.725. The maximum atomic E-state index is 12.5. The van der Waals surface area contributed by atoms with Crippen LogP contribution in [0.15, 0.2) is 6.20 Å². The summed E-state index contributed by atoms with van der Waals surface area (Å²) in [6.07, 6.45) is 4.50. The van der Waals surface area contributed by atoms with E-state index in [4.69, 9.17) is 5.73 Å². The van der Waals surface area contributed by atoms with Gasteiger partial charge in [0.05, 0.1) is 5.25 Å². The Hall–Kier alpha value is -0.700. The summed E-state index contributed by atoms with van der Waals surface area (Å²) in [6.45, 7) is 3.60. The lowest BCUT2D eigenvalue weighted by molar-refractivity contribution is 0.333. The van der Waals surface area contributed by atoms with E-state index in [-0.39, 0.29) is 5.25 Å². The van der Waals surface area contributed by atoms with Crippen LogP contribution in [0.3, 0.4) is 0 Å². The Morgan fingerprint density at radius 1 is 1.35 bits per heavy atom. The summed E-state index contributed by atoms with van der Waals surface area (Å²) in [5.74, 6) is 0. The van der Waals surface area contributed by atoms with Crippen LogP contribution in [0.5, 0.6) is 0 Å². The molecule has 3 rings (SSSR count). The lowest BCUT2D eigenvalue weighted by Crippen LogP contribution is -2.38. The van der Waals surface area contributed by atoms with Crippen LogP contribution in [0.1, 0.15) is 24.1 Å². The van der Waals surface area contributed by atoms with Crippen LogP contribution in [0, 0.1) is 0 Å². The average molecular weight is 316 g/mol. The molecule has 3 heterocycles. The number of hydrogen-bond donors (Lipinski definition) is 1. The first-order chi connectivity index (χ1) is 9.55. The number of nitrogens with zero attached hydrogens (tertiary/aromatic N) is 3. The van der Waals surface area contributed by atoms with Crippen molar-refractivity contribution in [2.75, 3.05) is 31.9 Å². The second-order valence-corrected chi connectivity index (χ2v) is 8.82. The molecule has 1 aromatic heterocycles. The molecule has 2 aliphatic heterocycles. The Morgan fingerprint density at radius 2 is 2.10 bits per heavy atom. The van der Waals surface area contributed by atoms with Crippen LogP contribution in [-0.2, 0) is 16.6 Å². The van der Waals surface area contributed by atoms with Crippen LogP contribution in [-0.4, -0.2) is 54.0 Å². The normalized spacial score (nSPS) is 25.5. The molecule has 6 nitrogen and oxygen atoms in total. The van der Waals surface area contributed by atoms with Crippen LogP contribution >= 0.6 is 11.3 Å². The first-order valence-electron chi connectivity index (χ1n) is 6.97. The molecule has 0 spiro atoms. The van der Waals surface area contributed by atoms with Gasteiger partial charge in [0.2, 0.25) is 10.0 Å². The smallest absolute Gasteiger partial charge is 0.218 e. The Balaban J connectivity index is 1.61. The maximum Gasteiger partial charge on any atom is 0.218 e. The molecule has 2 aliphatic rings. The number of anilines is 1. The maximum absolute atomic E-state index is 12.5. The highest BCUT2D eigenvalue weighted by Crippen LogP contribution is 2.26. The standard InChI is InChI=1S/C12H20N4O2S2/c13-12-14-7-10(19-12)8-15-6-3-11(9-15)20(17,18)16-4-1-2-5-16/h7,11H,1-6,8-9H2,(H2,13,14). The topological polar surface area (TPSA) is 79.5 Å². The molecule has 1 atom stereocenters.